The van der Waals surface area contributed by atoms with Crippen molar-refractivity contribution in [2.24, 2.45) is 16.5 Å². The van der Waals surface area contributed by atoms with Crippen molar-refractivity contribution in [3.63, 3.8) is 0 Å². The Morgan fingerprint density at radius 2 is 1.66 bits per heavy atom. The van der Waals surface area contributed by atoms with E-state index in [1.54, 1.807) is 12.1 Å². The van der Waals surface area contributed by atoms with Gasteiger partial charge in [0.15, 0.2) is 15.8 Å². The van der Waals surface area contributed by atoms with Gasteiger partial charge in [-0.05, 0) is 49.4 Å². The van der Waals surface area contributed by atoms with E-state index in [9.17, 15) is 13.2 Å². The molecule has 1 amide bonds. The van der Waals surface area contributed by atoms with Crippen LogP contribution < -0.4 is 16.4 Å². The summed E-state index contributed by atoms with van der Waals surface area (Å²) in [5.74, 6) is -1.02. The molecule has 0 saturated carbocycles. The molecule has 1 atom stereocenters. The van der Waals surface area contributed by atoms with Gasteiger partial charge in [0.1, 0.15) is 0 Å². The highest BCUT2D eigenvalue weighted by molar-refractivity contribution is 7.91. The smallest absolute Gasteiger partial charge is 0.280 e. The molecule has 2 aromatic rings. The number of carbonyl (C=O) groups excluding carboxylic acids is 1. The Morgan fingerprint density at radius 1 is 1.03 bits per heavy atom. The number of hydrogen-bond acceptors (Lipinski definition) is 4. The zero-order valence-electron chi connectivity index (χ0n) is 17.9. The number of amides is 1. The summed E-state index contributed by atoms with van der Waals surface area (Å²) in [6.07, 6.45) is 3.55. The van der Waals surface area contributed by atoms with Crippen LogP contribution in [0.1, 0.15) is 53.8 Å². The number of nitrogens with zero attached hydrogens (tertiary/aromatic N) is 2. The van der Waals surface area contributed by atoms with E-state index in [4.69, 9.17) is 11.5 Å². The van der Waals surface area contributed by atoms with Crippen molar-refractivity contribution in [2.45, 2.75) is 42.8 Å². The summed E-state index contributed by atoms with van der Waals surface area (Å²) in [5.41, 5.74) is 12.2. The van der Waals surface area contributed by atoms with Crippen LogP contribution in [0.5, 0.6) is 0 Å². The number of nitrogens with two attached hydrogens (primary N) is 2. The largest absolute Gasteiger partial charge is 0.370 e. The maximum atomic E-state index is 13.8. The molecule has 10 heteroatoms. The second-order valence-electron chi connectivity index (χ2n) is 7.42. The fourth-order valence-electron chi connectivity index (χ4n) is 3.91. The summed E-state index contributed by atoms with van der Waals surface area (Å²) in [5, 5.41) is -0.712. The molecule has 0 bridgehead atoms. The van der Waals surface area contributed by atoms with E-state index in [0.717, 1.165) is 37.9 Å². The molecule has 32 heavy (non-hydrogen) atoms. The standard InChI is InChI=1S/C22H28N4O3S.2ClH/c1-2-19(16-9-5-3-6-10-16)30(28,29)20-15-17(21(27)25-22(23)24)11-12-18(20)26-13-7-4-8-14-26;;/h3,5-6,9-12,15,19H,2,4,7-8,13-14H2,1H3,(H4,23,24,25,27);2*1H. The highest BCUT2D eigenvalue weighted by Gasteiger charge is 2.32. The first-order valence-electron chi connectivity index (χ1n) is 10.2. The molecule has 0 aromatic heterocycles. The summed E-state index contributed by atoms with van der Waals surface area (Å²) in [6.45, 7) is 3.42. The summed E-state index contributed by atoms with van der Waals surface area (Å²) in [6, 6.07) is 13.9. The van der Waals surface area contributed by atoms with Gasteiger partial charge in [-0.1, -0.05) is 37.3 Å². The lowest BCUT2D eigenvalue weighted by atomic mass is 10.1. The number of halogens is 2. The molecule has 0 radical (unpaired) electrons. The van der Waals surface area contributed by atoms with Gasteiger partial charge in [-0.25, -0.2) is 8.42 Å². The first-order valence-corrected chi connectivity index (χ1v) is 11.7. The van der Waals surface area contributed by atoms with Crippen LogP contribution in [0.4, 0.5) is 5.69 Å². The van der Waals surface area contributed by atoms with E-state index < -0.39 is 21.0 Å². The Kier molecular flexibility index (Phi) is 10.5. The van der Waals surface area contributed by atoms with Crippen LogP contribution in [-0.2, 0) is 9.84 Å². The lowest BCUT2D eigenvalue weighted by Gasteiger charge is -2.31. The number of carbonyl (C=O) groups is 1. The van der Waals surface area contributed by atoms with E-state index in [-0.39, 0.29) is 41.2 Å². The number of rotatable bonds is 6. The Bertz CT molecular complexity index is 1040. The molecule has 4 N–H and O–H groups in total. The van der Waals surface area contributed by atoms with Gasteiger partial charge in [-0.3, -0.25) is 4.79 Å². The zero-order valence-corrected chi connectivity index (χ0v) is 20.4. The summed E-state index contributed by atoms with van der Waals surface area (Å²) in [4.78, 5) is 18.2. The molecule has 3 rings (SSSR count). The Labute approximate surface area is 202 Å². The molecule has 1 heterocycles. The molecule has 0 aliphatic carbocycles. The van der Waals surface area contributed by atoms with E-state index in [0.29, 0.717) is 12.1 Å². The van der Waals surface area contributed by atoms with Gasteiger partial charge in [0, 0.05) is 18.7 Å². The van der Waals surface area contributed by atoms with Crippen LogP contribution in [0.15, 0.2) is 58.4 Å². The van der Waals surface area contributed by atoms with Gasteiger partial charge >= 0.3 is 0 Å². The second kappa shape index (κ2) is 12.1. The number of guanidine groups is 1. The first-order chi connectivity index (χ1) is 14.3. The Balaban J connectivity index is 0.00000256. The second-order valence-corrected chi connectivity index (χ2v) is 9.52. The predicted octanol–water partition coefficient (Wildman–Crippen LogP) is 3.86. The van der Waals surface area contributed by atoms with Gasteiger partial charge in [0.2, 0.25) is 0 Å². The van der Waals surface area contributed by atoms with Crippen molar-refractivity contribution in [2.75, 3.05) is 18.0 Å². The molecule has 176 valence electrons. The SMILES string of the molecule is CCC(c1ccccc1)S(=O)(=O)c1cc(C(=O)N=C(N)N)ccc1N1CCCCC1.Cl.Cl. The number of benzene rings is 2. The van der Waals surface area contributed by atoms with Gasteiger partial charge in [-0.2, -0.15) is 4.99 Å². The number of anilines is 1. The van der Waals surface area contributed by atoms with Crippen LogP contribution in [0.2, 0.25) is 0 Å². The monoisotopic (exact) mass is 500 g/mol. The third-order valence-electron chi connectivity index (χ3n) is 5.36. The fourth-order valence-corrected chi connectivity index (χ4v) is 5.95. The molecule has 1 saturated heterocycles. The summed E-state index contributed by atoms with van der Waals surface area (Å²) < 4.78 is 27.6. The maximum absolute atomic E-state index is 13.8. The van der Waals surface area contributed by atoms with E-state index in [1.807, 2.05) is 37.3 Å². The van der Waals surface area contributed by atoms with E-state index >= 15 is 0 Å². The minimum Gasteiger partial charge on any atom is -0.370 e. The van der Waals surface area contributed by atoms with Crippen molar-refractivity contribution >= 4 is 52.2 Å². The molecular weight excluding hydrogens is 471 g/mol. The molecule has 7 nitrogen and oxygen atoms in total. The molecule has 0 spiro atoms. The quantitative estimate of drug-likeness (QED) is 0.458. The van der Waals surface area contributed by atoms with Crippen LogP contribution >= 0.6 is 24.8 Å². The highest BCUT2D eigenvalue weighted by Crippen LogP contribution is 2.38. The average molecular weight is 501 g/mol. The van der Waals surface area contributed by atoms with Crippen LogP contribution in [0.25, 0.3) is 0 Å². The fraction of sp³-hybridized carbons (Fsp3) is 0.364. The number of hydrogen-bond donors (Lipinski definition) is 2. The lowest BCUT2D eigenvalue weighted by Crippen LogP contribution is -2.31. The number of aliphatic imine (C=N–C) groups is 1. The first kappa shape index (κ1) is 27.7. The van der Waals surface area contributed by atoms with Gasteiger partial charge in [0.05, 0.1) is 15.8 Å². The van der Waals surface area contributed by atoms with Crippen molar-refractivity contribution in [3.8, 4) is 0 Å². The minimum atomic E-state index is -3.77. The van der Waals surface area contributed by atoms with Gasteiger partial charge < -0.3 is 16.4 Å². The lowest BCUT2D eigenvalue weighted by molar-refractivity contribution is 0.100. The predicted molar refractivity (Wildman–Crippen MR) is 134 cm³/mol. The topological polar surface area (TPSA) is 119 Å². The van der Waals surface area contributed by atoms with Crippen LogP contribution in [0.3, 0.4) is 0 Å². The van der Waals surface area contributed by atoms with Crippen LogP contribution in [0, 0.1) is 0 Å². The Morgan fingerprint density at radius 3 is 2.22 bits per heavy atom. The third kappa shape index (κ3) is 6.15. The molecular formula is C22H30Cl2N4O3S. The summed E-state index contributed by atoms with van der Waals surface area (Å²) in [7, 11) is -3.77. The molecule has 1 unspecified atom stereocenters. The normalized spacial score (nSPS) is 14.5. The highest BCUT2D eigenvalue weighted by atomic mass is 35.5. The maximum Gasteiger partial charge on any atom is 0.280 e. The average Bonchev–Trinajstić information content (AvgIpc) is 2.74. The van der Waals surface area contributed by atoms with Crippen molar-refractivity contribution in [1.82, 2.24) is 0 Å². The van der Waals surface area contributed by atoms with Crippen LogP contribution in [-0.4, -0.2) is 33.4 Å². The van der Waals surface area contributed by atoms with E-state index in [1.165, 1.54) is 6.07 Å². The molecule has 1 aliphatic heterocycles. The van der Waals surface area contributed by atoms with Crippen molar-refractivity contribution in [1.29, 1.82) is 0 Å². The minimum absolute atomic E-state index is 0. The van der Waals surface area contributed by atoms with Crippen molar-refractivity contribution < 1.29 is 13.2 Å². The van der Waals surface area contributed by atoms with Gasteiger partial charge in [-0.15, -0.1) is 24.8 Å². The molecule has 1 fully saturated rings. The van der Waals surface area contributed by atoms with Gasteiger partial charge in [0.25, 0.3) is 5.91 Å². The zero-order chi connectivity index (χ0) is 21.7. The van der Waals surface area contributed by atoms with Crippen molar-refractivity contribution in [3.05, 3.63) is 59.7 Å². The molecule has 1 aliphatic rings. The molecule has 2 aromatic carbocycles. The van der Waals surface area contributed by atoms with E-state index in [2.05, 4.69) is 9.89 Å². The Hall–Kier alpha value is -2.29. The number of sulfone groups is 1. The summed E-state index contributed by atoms with van der Waals surface area (Å²) >= 11 is 0. The third-order valence-corrected chi connectivity index (χ3v) is 7.65. The number of piperidine rings is 1.